The van der Waals surface area contributed by atoms with Gasteiger partial charge in [0.15, 0.2) is 0 Å². The first-order valence-electron chi connectivity index (χ1n) is 6.71. The highest BCUT2D eigenvalue weighted by atomic mass is 35.5. The van der Waals surface area contributed by atoms with Gasteiger partial charge in [-0.15, -0.1) is 0 Å². The summed E-state index contributed by atoms with van der Waals surface area (Å²) in [5, 5.41) is 10.2. The Balaban J connectivity index is 2.03. The van der Waals surface area contributed by atoms with E-state index in [9.17, 15) is 9.90 Å². The molecule has 1 aliphatic rings. The molecule has 5 nitrogen and oxygen atoms in total. The molecule has 3 N–H and O–H groups in total. The van der Waals surface area contributed by atoms with Gasteiger partial charge in [-0.1, -0.05) is 23.8 Å². The number of phenols is 1. The summed E-state index contributed by atoms with van der Waals surface area (Å²) < 4.78 is 0. The van der Waals surface area contributed by atoms with Crippen LogP contribution in [0.1, 0.15) is 17.3 Å². The molecular weight excluding hydrogens is 310 g/mol. The number of carbonyl (C=O) groups is 1. The van der Waals surface area contributed by atoms with Gasteiger partial charge >= 0.3 is 0 Å². The Hall–Kier alpha value is -1.37. The molecule has 0 radical (unpaired) electrons. The fourth-order valence-corrected chi connectivity index (χ4v) is 2.66. The van der Waals surface area contributed by atoms with E-state index < -0.39 is 0 Å². The van der Waals surface area contributed by atoms with Crippen molar-refractivity contribution in [3.8, 4) is 5.75 Å². The number of piperazine rings is 1. The second-order valence-electron chi connectivity index (χ2n) is 5.07. The molecule has 7 heteroatoms. The van der Waals surface area contributed by atoms with E-state index in [4.69, 9.17) is 29.6 Å². The quantitative estimate of drug-likeness (QED) is 0.823. The van der Waals surface area contributed by atoms with Crippen LogP contribution >= 0.6 is 23.8 Å². The van der Waals surface area contributed by atoms with E-state index in [1.807, 2.05) is 6.92 Å². The molecule has 1 aromatic carbocycles. The Bertz CT molecular complexity index is 559. The van der Waals surface area contributed by atoms with E-state index in [2.05, 4.69) is 4.90 Å². The highest BCUT2D eigenvalue weighted by Gasteiger charge is 2.26. The topological polar surface area (TPSA) is 69.8 Å². The summed E-state index contributed by atoms with van der Waals surface area (Å²) in [6.07, 6.45) is 0. The van der Waals surface area contributed by atoms with Crippen LogP contribution < -0.4 is 5.73 Å². The first-order chi connectivity index (χ1) is 9.90. The van der Waals surface area contributed by atoms with Crippen molar-refractivity contribution in [1.29, 1.82) is 0 Å². The maximum absolute atomic E-state index is 12.4. The lowest BCUT2D eigenvalue weighted by Gasteiger charge is -2.37. The van der Waals surface area contributed by atoms with E-state index in [0.29, 0.717) is 36.2 Å². The van der Waals surface area contributed by atoms with E-state index >= 15 is 0 Å². The van der Waals surface area contributed by atoms with E-state index in [-0.39, 0.29) is 23.3 Å². The van der Waals surface area contributed by atoms with Gasteiger partial charge in [0.2, 0.25) is 0 Å². The first-order valence-corrected chi connectivity index (χ1v) is 7.50. The Morgan fingerprint density at radius 1 is 1.38 bits per heavy atom. The van der Waals surface area contributed by atoms with Crippen LogP contribution in [0.3, 0.4) is 0 Å². The van der Waals surface area contributed by atoms with Crippen LogP contribution in [-0.2, 0) is 0 Å². The molecular formula is C14H18ClN3O2S. The van der Waals surface area contributed by atoms with Crippen LogP contribution in [-0.4, -0.2) is 58.0 Å². The Kier molecular flexibility index (Phi) is 5.03. The lowest BCUT2D eigenvalue weighted by Crippen LogP contribution is -2.53. The monoisotopic (exact) mass is 327 g/mol. The summed E-state index contributed by atoms with van der Waals surface area (Å²) in [5.74, 6) is -0.263. The number of nitrogens with zero attached hydrogens (tertiary/aromatic N) is 2. The number of amides is 1. The number of benzene rings is 1. The third-order valence-electron chi connectivity index (χ3n) is 3.75. The average molecular weight is 328 g/mol. The standard InChI is InChI=1S/C14H18ClN3O2S/c1-9(13(16)21)17-4-6-18(7-5-17)14(20)11-8-10(15)2-3-12(11)19/h2-3,8-9,19H,4-7H2,1H3,(H2,16,21). The van der Waals surface area contributed by atoms with Crippen LogP contribution in [0.5, 0.6) is 5.75 Å². The number of aromatic hydroxyl groups is 1. The van der Waals surface area contributed by atoms with Crippen molar-refractivity contribution in [2.45, 2.75) is 13.0 Å². The largest absolute Gasteiger partial charge is 0.507 e. The van der Waals surface area contributed by atoms with Crippen molar-refractivity contribution in [3.05, 3.63) is 28.8 Å². The molecule has 1 amide bonds. The summed E-state index contributed by atoms with van der Waals surface area (Å²) >= 11 is 10.9. The van der Waals surface area contributed by atoms with E-state index in [1.54, 1.807) is 11.0 Å². The molecule has 21 heavy (non-hydrogen) atoms. The number of thiocarbonyl (C=S) groups is 1. The molecule has 0 spiro atoms. The molecule has 1 aromatic rings. The van der Waals surface area contributed by atoms with Crippen molar-refractivity contribution in [2.75, 3.05) is 26.2 Å². The summed E-state index contributed by atoms with van der Waals surface area (Å²) in [6.45, 7) is 4.50. The number of phenolic OH excluding ortho intramolecular Hbond substituents is 1. The summed E-state index contributed by atoms with van der Waals surface area (Å²) in [6, 6.07) is 4.50. The van der Waals surface area contributed by atoms with E-state index in [1.165, 1.54) is 12.1 Å². The number of nitrogens with two attached hydrogens (primary N) is 1. The molecule has 1 aliphatic heterocycles. The second-order valence-corrected chi connectivity index (χ2v) is 5.98. The molecule has 114 valence electrons. The average Bonchev–Trinajstić information content (AvgIpc) is 2.48. The van der Waals surface area contributed by atoms with Gasteiger partial charge < -0.3 is 15.7 Å². The molecule has 1 unspecified atom stereocenters. The summed E-state index contributed by atoms with van der Waals surface area (Å²) in [4.78, 5) is 16.7. The number of hydrogen-bond acceptors (Lipinski definition) is 4. The zero-order valence-electron chi connectivity index (χ0n) is 11.8. The van der Waals surface area contributed by atoms with Crippen molar-refractivity contribution in [1.82, 2.24) is 9.80 Å². The van der Waals surface area contributed by atoms with Gasteiger partial charge in [-0.2, -0.15) is 0 Å². The maximum Gasteiger partial charge on any atom is 0.257 e. The molecule has 0 aromatic heterocycles. The van der Waals surface area contributed by atoms with Crippen LogP contribution in [0.15, 0.2) is 18.2 Å². The molecule has 1 fully saturated rings. The fourth-order valence-electron chi connectivity index (χ4n) is 2.34. The predicted octanol–water partition coefficient (Wildman–Crippen LogP) is 1.48. The molecule has 0 saturated carbocycles. The van der Waals surface area contributed by atoms with Gasteiger partial charge in [0, 0.05) is 31.2 Å². The minimum absolute atomic E-state index is 0.0248. The van der Waals surface area contributed by atoms with Gasteiger partial charge in [-0.05, 0) is 25.1 Å². The minimum atomic E-state index is -0.211. The lowest BCUT2D eigenvalue weighted by molar-refractivity contribution is 0.0619. The van der Waals surface area contributed by atoms with Gasteiger partial charge in [0.1, 0.15) is 5.75 Å². The maximum atomic E-state index is 12.4. The molecule has 0 aliphatic carbocycles. The highest BCUT2D eigenvalue weighted by molar-refractivity contribution is 7.80. The fraction of sp³-hybridized carbons (Fsp3) is 0.429. The van der Waals surface area contributed by atoms with Crippen molar-refractivity contribution < 1.29 is 9.90 Å². The third kappa shape index (κ3) is 3.64. The Labute approximate surface area is 134 Å². The Morgan fingerprint density at radius 2 is 2.00 bits per heavy atom. The zero-order valence-corrected chi connectivity index (χ0v) is 13.3. The SMILES string of the molecule is CC(C(N)=S)N1CCN(C(=O)c2cc(Cl)ccc2O)CC1. The second kappa shape index (κ2) is 6.60. The van der Waals surface area contributed by atoms with Crippen molar-refractivity contribution >= 4 is 34.7 Å². The van der Waals surface area contributed by atoms with Crippen molar-refractivity contribution in [3.63, 3.8) is 0 Å². The number of halogens is 1. The Morgan fingerprint density at radius 3 is 2.57 bits per heavy atom. The van der Waals surface area contributed by atoms with Crippen LogP contribution in [0, 0.1) is 0 Å². The number of carbonyl (C=O) groups excluding carboxylic acids is 1. The van der Waals surface area contributed by atoms with Crippen LogP contribution in [0.25, 0.3) is 0 Å². The summed E-state index contributed by atoms with van der Waals surface area (Å²) in [5.41, 5.74) is 5.88. The lowest BCUT2D eigenvalue weighted by atomic mass is 10.1. The predicted molar refractivity (Wildman–Crippen MR) is 86.8 cm³/mol. The molecule has 1 saturated heterocycles. The molecule has 1 atom stereocenters. The number of hydrogen-bond donors (Lipinski definition) is 2. The third-order valence-corrected chi connectivity index (χ3v) is 4.33. The minimum Gasteiger partial charge on any atom is -0.507 e. The van der Waals surface area contributed by atoms with Gasteiger partial charge in [-0.25, -0.2) is 0 Å². The molecule has 1 heterocycles. The normalized spacial score (nSPS) is 17.5. The number of rotatable bonds is 3. The van der Waals surface area contributed by atoms with E-state index in [0.717, 1.165) is 0 Å². The molecule has 2 rings (SSSR count). The van der Waals surface area contributed by atoms with Gasteiger partial charge in [0.25, 0.3) is 5.91 Å². The smallest absolute Gasteiger partial charge is 0.257 e. The first kappa shape index (κ1) is 16.0. The van der Waals surface area contributed by atoms with Crippen molar-refractivity contribution in [2.24, 2.45) is 5.73 Å². The van der Waals surface area contributed by atoms with Crippen LogP contribution in [0.4, 0.5) is 0 Å². The van der Waals surface area contributed by atoms with Crippen LogP contribution in [0.2, 0.25) is 5.02 Å². The van der Waals surface area contributed by atoms with Gasteiger partial charge in [0.05, 0.1) is 16.6 Å². The highest BCUT2D eigenvalue weighted by Crippen LogP contribution is 2.23. The molecule has 0 bridgehead atoms. The summed E-state index contributed by atoms with van der Waals surface area (Å²) in [7, 11) is 0. The zero-order chi connectivity index (χ0) is 15.6. The van der Waals surface area contributed by atoms with Gasteiger partial charge in [-0.3, -0.25) is 9.69 Å².